The molecule has 8 heteroatoms. The van der Waals surface area contributed by atoms with E-state index in [1.165, 1.54) is 0 Å². The summed E-state index contributed by atoms with van der Waals surface area (Å²) in [6.45, 7) is 4.00. The Kier molecular flexibility index (Phi) is 5.50. The molecule has 0 radical (unpaired) electrons. The molecular formula is C13H18Cl2N4O2. The molecule has 0 aliphatic carbocycles. The lowest BCUT2D eigenvalue weighted by atomic mass is 10.2. The molecule has 21 heavy (non-hydrogen) atoms. The number of nitrogens with one attached hydrogen (secondary N) is 2. The van der Waals surface area contributed by atoms with Gasteiger partial charge in [0.2, 0.25) is 5.91 Å². The van der Waals surface area contributed by atoms with Gasteiger partial charge in [0, 0.05) is 20.1 Å². The molecule has 1 aromatic heterocycles. The molecule has 1 saturated heterocycles. The number of halogens is 2. The van der Waals surface area contributed by atoms with Crippen molar-refractivity contribution in [2.24, 2.45) is 0 Å². The van der Waals surface area contributed by atoms with Crippen molar-refractivity contribution in [2.45, 2.75) is 13.0 Å². The number of nitrogens with zero attached hydrogens (tertiary/aromatic N) is 2. The first-order valence-corrected chi connectivity index (χ1v) is 7.50. The van der Waals surface area contributed by atoms with E-state index in [0.29, 0.717) is 48.0 Å². The highest BCUT2D eigenvalue weighted by atomic mass is 35.5. The van der Waals surface area contributed by atoms with Gasteiger partial charge in [-0.2, -0.15) is 0 Å². The third-order valence-corrected chi connectivity index (χ3v) is 3.77. The Morgan fingerprint density at radius 3 is 2.95 bits per heavy atom. The fourth-order valence-corrected chi connectivity index (χ4v) is 2.72. The lowest BCUT2D eigenvalue weighted by Crippen LogP contribution is -2.53. The molecule has 0 aromatic carbocycles. The van der Waals surface area contributed by atoms with Gasteiger partial charge in [0.15, 0.2) is 5.82 Å². The van der Waals surface area contributed by atoms with Gasteiger partial charge >= 0.3 is 0 Å². The van der Waals surface area contributed by atoms with E-state index < -0.39 is 6.04 Å². The van der Waals surface area contributed by atoms with Gasteiger partial charge in [0.25, 0.3) is 0 Å². The Morgan fingerprint density at radius 1 is 1.52 bits per heavy atom. The zero-order valence-electron chi connectivity index (χ0n) is 11.9. The molecule has 1 aliphatic heterocycles. The van der Waals surface area contributed by atoms with Crippen LogP contribution in [0.25, 0.3) is 0 Å². The van der Waals surface area contributed by atoms with E-state index in [4.69, 9.17) is 27.9 Å². The van der Waals surface area contributed by atoms with Crippen molar-refractivity contribution in [1.82, 2.24) is 10.3 Å². The number of anilines is 2. The minimum absolute atomic E-state index is 0.132. The fourth-order valence-electron chi connectivity index (χ4n) is 2.19. The number of rotatable bonds is 4. The number of morpholine rings is 1. The normalized spacial score (nSPS) is 18.5. The van der Waals surface area contributed by atoms with E-state index in [2.05, 4.69) is 15.6 Å². The molecule has 0 saturated carbocycles. The van der Waals surface area contributed by atoms with Gasteiger partial charge in [-0.15, -0.1) is 0 Å². The average Bonchev–Trinajstić information content (AvgIpc) is 2.49. The summed E-state index contributed by atoms with van der Waals surface area (Å²) >= 11 is 12.4. The molecule has 0 bridgehead atoms. The molecule has 0 spiro atoms. The molecule has 2 rings (SSSR count). The second kappa shape index (κ2) is 7.15. The summed E-state index contributed by atoms with van der Waals surface area (Å²) in [5.41, 5.74) is 0. The van der Waals surface area contributed by atoms with Crippen LogP contribution < -0.4 is 15.5 Å². The zero-order valence-corrected chi connectivity index (χ0v) is 13.5. The average molecular weight is 333 g/mol. The van der Waals surface area contributed by atoms with Crippen LogP contribution in [-0.2, 0) is 9.53 Å². The third kappa shape index (κ3) is 3.51. The highest BCUT2D eigenvalue weighted by Gasteiger charge is 2.31. The Balaban J connectivity index is 2.37. The summed E-state index contributed by atoms with van der Waals surface area (Å²) < 4.78 is 5.38. The van der Waals surface area contributed by atoms with Gasteiger partial charge in [-0.3, -0.25) is 4.79 Å². The minimum Gasteiger partial charge on any atom is -0.377 e. The second-order valence-electron chi connectivity index (χ2n) is 4.55. The summed E-state index contributed by atoms with van der Waals surface area (Å²) in [7, 11) is 1.59. The standard InChI is InChI=1S/C13H18Cl2N4O2/c1-3-17-11-8(14)6-9(15)12(18-11)19-4-5-21-7-10(19)13(20)16-2/h6,10H,3-5,7H2,1-2H3,(H,16,20)(H,17,18). The summed E-state index contributed by atoms with van der Waals surface area (Å²) in [6.07, 6.45) is 0. The summed E-state index contributed by atoms with van der Waals surface area (Å²) in [6, 6.07) is 1.18. The summed E-state index contributed by atoms with van der Waals surface area (Å²) in [5, 5.41) is 6.58. The lowest BCUT2D eigenvalue weighted by Gasteiger charge is -2.35. The van der Waals surface area contributed by atoms with Crippen LogP contribution in [0.5, 0.6) is 0 Å². The second-order valence-corrected chi connectivity index (χ2v) is 5.37. The van der Waals surface area contributed by atoms with Crippen molar-refractivity contribution >= 4 is 40.7 Å². The number of aromatic nitrogens is 1. The summed E-state index contributed by atoms with van der Waals surface area (Å²) in [5.74, 6) is 0.960. The highest BCUT2D eigenvalue weighted by Crippen LogP contribution is 2.33. The van der Waals surface area contributed by atoms with E-state index >= 15 is 0 Å². The molecule has 1 fully saturated rings. The van der Waals surface area contributed by atoms with Crippen LogP contribution >= 0.6 is 23.2 Å². The van der Waals surface area contributed by atoms with E-state index in [-0.39, 0.29) is 5.91 Å². The Labute approximate surface area is 133 Å². The fraction of sp³-hybridized carbons (Fsp3) is 0.538. The van der Waals surface area contributed by atoms with Crippen LogP contribution in [0.4, 0.5) is 11.6 Å². The molecule has 1 unspecified atom stereocenters. The van der Waals surface area contributed by atoms with Gasteiger partial charge in [0.05, 0.1) is 23.3 Å². The third-order valence-electron chi connectivity index (χ3n) is 3.20. The van der Waals surface area contributed by atoms with E-state index in [1.54, 1.807) is 13.1 Å². The maximum Gasteiger partial charge on any atom is 0.244 e. The van der Waals surface area contributed by atoms with Crippen LogP contribution in [0, 0.1) is 0 Å². The van der Waals surface area contributed by atoms with Crippen LogP contribution in [0.3, 0.4) is 0 Å². The maximum atomic E-state index is 12.0. The topological polar surface area (TPSA) is 66.5 Å². The number of carbonyl (C=O) groups excluding carboxylic acids is 1. The molecule has 1 aliphatic rings. The Bertz CT molecular complexity index is 527. The Morgan fingerprint density at radius 2 is 2.29 bits per heavy atom. The highest BCUT2D eigenvalue weighted by molar-refractivity contribution is 6.37. The van der Waals surface area contributed by atoms with Crippen LogP contribution in [-0.4, -0.2) is 50.3 Å². The molecule has 1 aromatic rings. The predicted octanol–water partition coefficient (Wildman–Crippen LogP) is 1.77. The van der Waals surface area contributed by atoms with Crippen LogP contribution in [0.1, 0.15) is 6.92 Å². The van der Waals surface area contributed by atoms with Gasteiger partial charge in [-0.05, 0) is 13.0 Å². The van der Waals surface area contributed by atoms with E-state index in [9.17, 15) is 4.79 Å². The smallest absolute Gasteiger partial charge is 0.244 e. The Hall–Kier alpha value is -1.24. The first-order chi connectivity index (χ1) is 10.1. The number of carbonyl (C=O) groups is 1. The van der Waals surface area contributed by atoms with Crippen LogP contribution in [0.2, 0.25) is 10.0 Å². The number of ether oxygens (including phenoxy) is 1. The molecule has 116 valence electrons. The minimum atomic E-state index is -0.454. The van der Waals surface area contributed by atoms with Gasteiger partial charge in [-0.25, -0.2) is 4.98 Å². The van der Waals surface area contributed by atoms with Crippen molar-refractivity contribution in [3.63, 3.8) is 0 Å². The molecule has 6 nitrogen and oxygen atoms in total. The summed E-state index contributed by atoms with van der Waals surface area (Å²) in [4.78, 5) is 18.3. The van der Waals surface area contributed by atoms with Gasteiger partial charge in [-0.1, -0.05) is 23.2 Å². The van der Waals surface area contributed by atoms with Gasteiger partial charge in [0.1, 0.15) is 11.9 Å². The molecule has 2 heterocycles. The number of hydrogen-bond acceptors (Lipinski definition) is 5. The zero-order chi connectivity index (χ0) is 15.4. The molecule has 2 N–H and O–H groups in total. The lowest BCUT2D eigenvalue weighted by molar-refractivity contribution is -0.124. The van der Waals surface area contributed by atoms with Crippen molar-refractivity contribution in [3.8, 4) is 0 Å². The first-order valence-electron chi connectivity index (χ1n) is 6.74. The van der Waals surface area contributed by atoms with E-state index in [0.717, 1.165) is 0 Å². The monoisotopic (exact) mass is 332 g/mol. The van der Waals surface area contributed by atoms with Crippen molar-refractivity contribution in [2.75, 3.05) is 43.6 Å². The SMILES string of the molecule is CCNc1nc(N2CCOCC2C(=O)NC)c(Cl)cc1Cl. The maximum absolute atomic E-state index is 12.0. The number of likely N-dealkylation sites (N-methyl/N-ethyl adjacent to an activating group) is 1. The van der Waals surface area contributed by atoms with Crippen LogP contribution in [0.15, 0.2) is 6.07 Å². The van der Waals surface area contributed by atoms with Gasteiger partial charge < -0.3 is 20.3 Å². The van der Waals surface area contributed by atoms with E-state index in [1.807, 2.05) is 11.8 Å². The predicted molar refractivity (Wildman–Crippen MR) is 84.4 cm³/mol. The number of pyridine rings is 1. The quantitative estimate of drug-likeness (QED) is 0.879. The van der Waals surface area contributed by atoms with Crippen molar-refractivity contribution in [1.29, 1.82) is 0 Å². The number of amides is 1. The molecular weight excluding hydrogens is 315 g/mol. The first kappa shape index (κ1) is 16.1. The molecule has 1 amide bonds. The van der Waals surface area contributed by atoms with Crippen molar-refractivity contribution < 1.29 is 9.53 Å². The van der Waals surface area contributed by atoms with Crippen molar-refractivity contribution in [3.05, 3.63) is 16.1 Å². The largest absolute Gasteiger partial charge is 0.377 e. The molecule has 1 atom stereocenters. The number of hydrogen-bond donors (Lipinski definition) is 2.